The molecule has 0 spiro atoms. The van der Waals surface area contributed by atoms with E-state index in [4.69, 9.17) is 16.3 Å². The number of alkyl carbamates (subject to hydrolysis) is 1. The number of carboxylic acids is 1. The summed E-state index contributed by atoms with van der Waals surface area (Å²) in [5.74, 6) is -0.515. The van der Waals surface area contributed by atoms with Crippen LogP contribution in [0.5, 0.6) is 0 Å². The molecule has 2 saturated heterocycles. The maximum Gasteiger partial charge on any atom is 0.408 e. The average molecular weight is 619 g/mol. The number of nitrogens with one attached hydrogen (secondary N) is 1. The molecule has 1 aromatic rings. The zero-order valence-electron chi connectivity index (χ0n) is 26.2. The number of piperidine rings is 1. The van der Waals surface area contributed by atoms with Crippen molar-refractivity contribution in [1.82, 2.24) is 20.0 Å². The lowest BCUT2D eigenvalue weighted by molar-refractivity contribution is -0.139. The number of carbonyl (C=O) groups is 3. The van der Waals surface area contributed by atoms with Gasteiger partial charge in [0.05, 0.1) is 5.92 Å². The smallest absolute Gasteiger partial charge is 0.408 e. The normalized spacial score (nSPS) is 21.3. The number of benzene rings is 1. The van der Waals surface area contributed by atoms with Gasteiger partial charge >= 0.3 is 12.1 Å². The SMILES string of the molecule is CC(C)(C)OC(=O)N[C@@H](C(=O)N1CCN(CC2CCN(CC[C@@H](C(=O)O)c3ccc(Cl)cc3)CC2)CC1)C1CCCCC1. The van der Waals surface area contributed by atoms with Gasteiger partial charge in [-0.3, -0.25) is 14.5 Å². The molecule has 1 aromatic carbocycles. The largest absolute Gasteiger partial charge is 0.481 e. The molecule has 2 atom stereocenters. The predicted molar refractivity (Wildman–Crippen MR) is 168 cm³/mol. The number of aliphatic carboxylic acids is 1. The van der Waals surface area contributed by atoms with Crippen molar-refractivity contribution in [2.45, 2.75) is 89.7 Å². The van der Waals surface area contributed by atoms with Gasteiger partial charge in [-0.1, -0.05) is 43.0 Å². The summed E-state index contributed by atoms with van der Waals surface area (Å²) in [6.45, 7) is 12.3. The number of carbonyl (C=O) groups excluding carboxylic acids is 2. The van der Waals surface area contributed by atoms with Crippen molar-refractivity contribution in [2.75, 3.05) is 52.4 Å². The molecule has 9 nitrogen and oxygen atoms in total. The second kappa shape index (κ2) is 15.6. The van der Waals surface area contributed by atoms with Crippen molar-refractivity contribution in [2.24, 2.45) is 11.8 Å². The highest BCUT2D eigenvalue weighted by Gasteiger charge is 2.36. The summed E-state index contributed by atoms with van der Waals surface area (Å²) in [6.07, 6.45) is 7.58. The topological polar surface area (TPSA) is 102 Å². The molecule has 10 heteroatoms. The Balaban J connectivity index is 1.20. The van der Waals surface area contributed by atoms with E-state index in [1.165, 1.54) is 6.42 Å². The third-order valence-electron chi connectivity index (χ3n) is 9.27. The van der Waals surface area contributed by atoms with Crippen molar-refractivity contribution in [3.63, 3.8) is 0 Å². The Morgan fingerprint density at radius 2 is 1.56 bits per heavy atom. The zero-order chi connectivity index (χ0) is 31.0. The number of likely N-dealkylation sites (tertiary alicyclic amines) is 1. The van der Waals surface area contributed by atoms with Crippen LogP contribution in [0.25, 0.3) is 0 Å². The predicted octanol–water partition coefficient (Wildman–Crippen LogP) is 5.23. The first kappa shape index (κ1) is 33.5. The Morgan fingerprint density at radius 1 is 0.930 bits per heavy atom. The van der Waals surface area contributed by atoms with Crippen molar-refractivity contribution >= 4 is 29.6 Å². The highest BCUT2D eigenvalue weighted by Crippen LogP contribution is 2.29. The Morgan fingerprint density at radius 3 is 2.14 bits per heavy atom. The molecule has 2 N–H and O–H groups in total. The van der Waals surface area contributed by atoms with Crippen LogP contribution in [0.15, 0.2) is 24.3 Å². The van der Waals surface area contributed by atoms with Crippen LogP contribution in [-0.4, -0.2) is 102 Å². The lowest BCUT2D eigenvalue weighted by Crippen LogP contribution is -2.58. The Bertz CT molecular complexity index is 1060. The summed E-state index contributed by atoms with van der Waals surface area (Å²) in [5.41, 5.74) is 0.194. The molecule has 0 radical (unpaired) electrons. The second-order valence-corrected chi connectivity index (χ2v) is 14.1. The number of halogens is 1. The van der Waals surface area contributed by atoms with Crippen LogP contribution in [0.4, 0.5) is 4.79 Å². The van der Waals surface area contributed by atoms with E-state index >= 15 is 0 Å². The molecule has 2 aliphatic heterocycles. The molecule has 43 heavy (non-hydrogen) atoms. The fourth-order valence-corrected chi connectivity index (χ4v) is 6.95. The maximum absolute atomic E-state index is 13.7. The Hall–Kier alpha value is -2.36. The lowest BCUT2D eigenvalue weighted by Gasteiger charge is -2.41. The number of carboxylic acid groups (broad SMARTS) is 1. The van der Waals surface area contributed by atoms with E-state index in [9.17, 15) is 19.5 Å². The molecule has 3 aliphatic rings. The number of ether oxygens (including phenoxy) is 1. The number of hydrogen-bond donors (Lipinski definition) is 2. The third kappa shape index (κ3) is 10.4. The molecular weight excluding hydrogens is 568 g/mol. The quantitative estimate of drug-likeness (QED) is 0.370. The molecule has 3 fully saturated rings. The van der Waals surface area contributed by atoms with Gasteiger partial charge in [0.15, 0.2) is 0 Å². The fourth-order valence-electron chi connectivity index (χ4n) is 6.83. The molecule has 0 unspecified atom stereocenters. The lowest BCUT2D eigenvalue weighted by atomic mass is 9.83. The maximum atomic E-state index is 13.7. The molecule has 0 aromatic heterocycles. The van der Waals surface area contributed by atoms with Crippen LogP contribution in [0.1, 0.15) is 83.6 Å². The monoisotopic (exact) mass is 618 g/mol. The van der Waals surface area contributed by atoms with Gasteiger partial charge < -0.3 is 25.0 Å². The van der Waals surface area contributed by atoms with Gasteiger partial charge in [0.1, 0.15) is 11.6 Å². The number of amides is 2. The molecule has 2 amide bonds. The van der Waals surface area contributed by atoms with Gasteiger partial charge in [0.2, 0.25) is 5.91 Å². The van der Waals surface area contributed by atoms with E-state index in [2.05, 4.69) is 15.1 Å². The molecule has 1 aliphatic carbocycles. The van der Waals surface area contributed by atoms with E-state index in [0.717, 1.165) is 83.4 Å². The molecule has 0 bridgehead atoms. The van der Waals surface area contributed by atoms with Crippen LogP contribution in [0, 0.1) is 11.8 Å². The van der Waals surface area contributed by atoms with Crippen LogP contribution >= 0.6 is 11.6 Å². The summed E-state index contributed by atoms with van der Waals surface area (Å²) < 4.78 is 5.50. The molecule has 4 rings (SSSR count). The van der Waals surface area contributed by atoms with Crippen molar-refractivity contribution in [3.8, 4) is 0 Å². The van der Waals surface area contributed by atoms with Gasteiger partial charge in [-0.05, 0) is 102 Å². The van der Waals surface area contributed by atoms with E-state index in [1.807, 2.05) is 37.8 Å². The van der Waals surface area contributed by atoms with E-state index < -0.39 is 29.6 Å². The number of piperazine rings is 1. The second-order valence-electron chi connectivity index (χ2n) is 13.7. The summed E-state index contributed by atoms with van der Waals surface area (Å²) in [6, 6.07) is 6.61. The van der Waals surface area contributed by atoms with Crippen molar-refractivity contribution in [1.29, 1.82) is 0 Å². The van der Waals surface area contributed by atoms with Gasteiger partial charge in [0, 0.05) is 37.7 Å². The Kier molecular flexibility index (Phi) is 12.1. The van der Waals surface area contributed by atoms with Gasteiger partial charge in [-0.15, -0.1) is 0 Å². The van der Waals surface area contributed by atoms with E-state index in [0.29, 0.717) is 30.5 Å². The number of nitrogens with zero attached hydrogens (tertiary/aromatic N) is 3. The van der Waals surface area contributed by atoms with Crippen LogP contribution in [-0.2, 0) is 14.3 Å². The summed E-state index contributed by atoms with van der Waals surface area (Å²) >= 11 is 5.98. The third-order valence-corrected chi connectivity index (χ3v) is 9.52. The minimum absolute atomic E-state index is 0.0315. The summed E-state index contributed by atoms with van der Waals surface area (Å²) in [4.78, 5) is 45.0. The van der Waals surface area contributed by atoms with E-state index in [1.54, 1.807) is 12.1 Å². The number of rotatable bonds is 10. The summed E-state index contributed by atoms with van der Waals surface area (Å²) in [7, 11) is 0. The van der Waals surface area contributed by atoms with Crippen LogP contribution in [0.3, 0.4) is 0 Å². The average Bonchev–Trinajstić information content (AvgIpc) is 2.97. The fraction of sp³-hybridized carbons (Fsp3) is 0.727. The molecule has 2 heterocycles. The van der Waals surface area contributed by atoms with Crippen molar-refractivity contribution in [3.05, 3.63) is 34.9 Å². The summed E-state index contributed by atoms with van der Waals surface area (Å²) in [5, 5.41) is 13.3. The van der Waals surface area contributed by atoms with Crippen LogP contribution in [0.2, 0.25) is 5.02 Å². The minimum atomic E-state index is -0.791. The van der Waals surface area contributed by atoms with Crippen molar-refractivity contribution < 1.29 is 24.2 Å². The first-order valence-corrected chi connectivity index (χ1v) is 16.6. The first-order valence-electron chi connectivity index (χ1n) is 16.2. The molecular formula is C33H51ClN4O5. The molecule has 240 valence electrons. The first-order chi connectivity index (χ1) is 20.5. The van der Waals surface area contributed by atoms with E-state index in [-0.39, 0.29) is 11.8 Å². The van der Waals surface area contributed by atoms with Gasteiger partial charge in [-0.25, -0.2) is 4.79 Å². The van der Waals surface area contributed by atoms with Gasteiger partial charge in [-0.2, -0.15) is 0 Å². The van der Waals surface area contributed by atoms with Crippen LogP contribution < -0.4 is 5.32 Å². The number of hydrogen-bond acceptors (Lipinski definition) is 6. The highest BCUT2D eigenvalue weighted by atomic mass is 35.5. The van der Waals surface area contributed by atoms with Gasteiger partial charge in [0.25, 0.3) is 0 Å². The molecule has 1 saturated carbocycles. The Labute approximate surface area is 262 Å². The minimum Gasteiger partial charge on any atom is -0.481 e. The highest BCUT2D eigenvalue weighted by molar-refractivity contribution is 6.30. The zero-order valence-corrected chi connectivity index (χ0v) is 27.0. The standard InChI is InChI=1S/C33H51ClN4O5/c1-33(2,3)43-32(42)35-29(26-7-5-4-6-8-26)30(39)38-21-19-37(20-22-38)23-24-13-16-36(17-14-24)18-15-28(31(40)41)25-9-11-27(34)12-10-25/h9-12,24,26,28-29H,4-8,13-23H2,1-3H3,(H,35,42)(H,40,41)/t28-,29-/m1/s1.